The number of hydrogen-bond donors (Lipinski definition) is 3. The third-order valence-electron chi connectivity index (χ3n) is 20.3. The third kappa shape index (κ3) is 22.9. The number of amides is 1. The van der Waals surface area contributed by atoms with Gasteiger partial charge < -0.3 is 72.1 Å². The summed E-state index contributed by atoms with van der Waals surface area (Å²) in [5.41, 5.74) is -6.03. The Kier molecular flexibility index (Phi) is 32.6. The topological polar surface area (TPSA) is 343 Å². The van der Waals surface area contributed by atoms with Gasteiger partial charge in [0, 0.05) is 60.6 Å². The van der Waals surface area contributed by atoms with Gasteiger partial charge in [-0.1, -0.05) is 142 Å². The molecule has 2 saturated carbocycles. The number of nitrogens with one attached hydrogen (secondary N) is 1. The van der Waals surface area contributed by atoms with E-state index in [0.29, 0.717) is 54.5 Å². The quantitative estimate of drug-likeness (QED) is 0.00632. The fraction of sp³-hybridized carbons (Fsp3) is 0.506. The number of carboxylic acids is 1. The number of aliphatic hydroxyl groups is 1. The lowest BCUT2D eigenvalue weighted by Crippen LogP contribution is -2.81. The van der Waals surface area contributed by atoms with Gasteiger partial charge >= 0.3 is 41.8 Å². The Morgan fingerprint density at radius 3 is 1.75 bits per heavy atom. The summed E-state index contributed by atoms with van der Waals surface area (Å²) in [6.07, 6.45) is -5.57. The monoisotopic (exact) mass is 1610 g/mol. The Morgan fingerprint density at radius 2 is 1.22 bits per heavy atom. The van der Waals surface area contributed by atoms with E-state index >= 15 is 9.59 Å². The van der Waals surface area contributed by atoms with E-state index in [0.717, 1.165) is 15.8 Å². The largest absolute Gasteiger partial charge is 0.480 e. The van der Waals surface area contributed by atoms with Crippen LogP contribution in [0.5, 0.6) is 0 Å². The molecule has 1 saturated heterocycles. The second-order valence-electron chi connectivity index (χ2n) is 28.9. The van der Waals surface area contributed by atoms with E-state index in [1.54, 1.807) is 151 Å². The number of aliphatic carboxylic acids is 1. The molecule has 2 bridgehead atoms. The first-order valence-corrected chi connectivity index (χ1v) is 43.7. The van der Waals surface area contributed by atoms with Crippen LogP contribution in [-0.4, -0.2) is 201 Å². The number of carbonyl (C=O) groups is 9. The number of ether oxygens (including phenoxy) is 11. The molecule has 26 nitrogen and oxygen atoms in total. The minimum Gasteiger partial charge on any atom is -0.480 e. The van der Waals surface area contributed by atoms with Crippen LogP contribution in [0.15, 0.2) is 161 Å². The van der Waals surface area contributed by atoms with Crippen molar-refractivity contribution in [1.29, 1.82) is 0 Å². The summed E-state index contributed by atoms with van der Waals surface area (Å²) < 4.78 is 70.4. The third-order valence-corrected chi connectivity index (χ3v) is 29.2. The molecule has 9 rings (SSSR count). The van der Waals surface area contributed by atoms with Gasteiger partial charge in [0.2, 0.25) is 6.79 Å². The zero-order valence-electron chi connectivity index (χ0n) is 63.7. The van der Waals surface area contributed by atoms with Crippen LogP contribution in [0.3, 0.4) is 0 Å². The van der Waals surface area contributed by atoms with Gasteiger partial charge in [0.15, 0.2) is 20.0 Å². The van der Waals surface area contributed by atoms with Crippen molar-refractivity contribution in [1.82, 2.24) is 15.3 Å². The van der Waals surface area contributed by atoms with Crippen LogP contribution in [0, 0.1) is 22.7 Å². The summed E-state index contributed by atoms with van der Waals surface area (Å²) >= 11 is 0. The molecule has 3 N–H and O–H groups in total. The summed E-state index contributed by atoms with van der Waals surface area (Å²) in [5, 5.41) is 27.1. The number of benzene rings is 3. The van der Waals surface area contributed by atoms with Gasteiger partial charge in [0.1, 0.15) is 59.1 Å². The number of pyridine rings is 2. The van der Waals surface area contributed by atoms with Crippen molar-refractivity contribution in [2.75, 3.05) is 77.8 Å². The van der Waals surface area contributed by atoms with Crippen LogP contribution >= 0.6 is 43.2 Å². The van der Waals surface area contributed by atoms with E-state index in [1.807, 2.05) is 70.3 Å². The maximum Gasteiger partial charge on any atom is 0.338 e. The Labute approximate surface area is 658 Å². The number of hydrogen-bond acceptors (Lipinski definition) is 28. The Bertz CT molecular complexity index is 3940. The lowest BCUT2D eigenvalue weighted by atomic mass is 9.43. The fourth-order valence-electron chi connectivity index (χ4n) is 13.8. The van der Waals surface area contributed by atoms with Crippen molar-refractivity contribution < 1.29 is 110 Å². The molecule has 1 amide bonds. The van der Waals surface area contributed by atoms with Crippen LogP contribution in [0.2, 0.25) is 18.1 Å². The number of ketones is 1. The number of carboxylic acid groups (broad SMARTS) is 1. The standard InChI is InChI=1S/C68H84N2O19S2Si.C11H15NO4S2/c1-42-48(85-63(78)57(89-92(10,11)64(4,5)6)56(45-23-15-12-16-24-45)70-61(76)46-25-17-13-18-26-46)38-68(79)60(87-62(77)47-27-19-14-20-28-47)58-66(9,59(75)43(2)55(42)65(68,7)8)49(37-50-67(58,40-82-50)88-44(3)71)86-53(73)31-30-52(72)83-41-84-54(74)39-81-34-33-80-35-36-90-91-51-29-21-22-32-69-51;13-11(14)9-16-6-5-15-7-8-17-18-10-3-1-2-4-12-10/h12-29,32,43,48-50,56-58,60,79H,30-31,33-41H2,1-11H3,(H,70,76);1-4H,5-9H2,(H,13,14)/t43-,48+,49+,50?,56+,57-,58+,60+,66-,67+,68-;/m1./s1. The molecule has 2 aromatic heterocycles. The summed E-state index contributed by atoms with van der Waals surface area (Å²) in [6, 6.07) is 35.7. The molecule has 0 spiro atoms. The van der Waals surface area contributed by atoms with Gasteiger partial charge in [-0.3, -0.25) is 24.0 Å². The zero-order chi connectivity index (χ0) is 79.9. The van der Waals surface area contributed by atoms with Gasteiger partial charge in [-0.15, -0.1) is 0 Å². The number of esters is 6. The number of fused-ring (bicyclic) bond motifs is 5. The van der Waals surface area contributed by atoms with E-state index in [2.05, 4.69) is 15.3 Å². The van der Waals surface area contributed by atoms with Crippen molar-refractivity contribution in [3.63, 3.8) is 0 Å². The van der Waals surface area contributed by atoms with Crippen LogP contribution in [0.4, 0.5) is 0 Å². The van der Waals surface area contributed by atoms with E-state index in [1.165, 1.54) is 36.8 Å². The van der Waals surface area contributed by atoms with Crippen LogP contribution in [0.25, 0.3) is 0 Å². The molecule has 31 heteroatoms. The SMILES string of the molecule is CC(=O)O[C@@]12COC1C[C@H](OC(=O)CCC(=O)OCOC(=O)COCCOCCSSc1ccccn1)[C@@]1(C)C(=O)[C@H](C)C3=C(C)[C@@H](OC(=O)[C@H](O[Si](C)(C)C(C)(C)C)[C@@H](NC(=O)c4ccccc4)c4ccccc4)C[C@@](O)([C@@H](OC(=O)c4ccccc4)[C@@H]12)C3(C)C.O=C(O)COCCOCCSSc1ccccn1. The molecular formula is C79H99N3O23S4Si. The average Bonchev–Trinajstić information content (AvgIpc) is 0.668. The second-order valence-corrected chi connectivity index (χ2v) is 38.6. The fourth-order valence-corrected chi connectivity index (χ4v) is 18.5. The van der Waals surface area contributed by atoms with Gasteiger partial charge in [-0.2, -0.15) is 0 Å². The predicted molar refractivity (Wildman–Crippen MR) is 414 cm³/mol. The molecule has 0 radical (unpaired) electrons. The van der Waals surface area contributed by atoms with Crippen LogP contribution in [0.1, 0.15) is 120 Å². The molecule has 3 heterocycles. The summed E-state index contributed by atoms with van der Waals surface area (Å²) in [4.78, 5) is 133. The van der Waals surface area contributed by atoms with Crippen LogP contribution in [-0.2, 0) is 90.1 Å². The van der Waals surface area contributed by atoms with E-state index in [9.17, 15) is 38.7 Å². The van der Waals surface area contributed by atoms with Gasteiger partial charge in [0.25, 0.3) is 5.91 Å². The first-order valence-electron chi connectivity index (χ1n) is 36.1. The first-order chi connectivity index (χ1) is 52.3. The predicted octanol–water partition coefficient (Wildman–Crippen LogP) is 11.7. The normalized spacial score (nSPS) is 23.1. The molecule has 1 aliphatic heterocycles. The molecule has 3 fully saturated rings. The van der Waals surface area contributed by atoms with E-state index in [4.69, 9.17) is 61.6 Å². The minimum atomic E-state index is -2.96. The number of carbonyl (C=O) groups excluding carboxylic acids is 8. The molecule has 11 atom stereocenters. The van der Waals surface area contributed by atoms with Crippen molar-refractivity contribution in [2.24, 2.45) is 22.7 Å². The van der Waals surface area contributed by atoms with E-state index in [-0.39, 0.29) is 38.4 Å². The first kappa shape index (κ1) is 88.0. The molecule has 4 aliphatic rings. The Morgan fingerprint density at radius 1 is 0.682 bits per heavy atom. The van der Waals surface area contributed by atoms with Gasteiger partial charge in [0.05, 0.1) is 82.0 Å². The van der Waals surface area contributed by atoms with Crippen LogP contribution < -0.4 is 5.32 Å². The second kappa shape index (κ2) is 40.8. The van der Waals surface area contributed by atoms with Crippen molar-refractivity contribution in [2.45, 2.75) is 164 Å². The summed E-state index contributed by atoms with van der Waals surface area (Å²) in [6.45, 7) is 19.7. The molecule has 1 unspecified atom stereocenters. The zero-order valence-corrected chi connectivity index (χ0v) is 68.0. The van der Waals surface area contributed by atoms with Gasteiger partial charge in [-0.25, -0.2) is 29.1 Å². The maximum absolute atomic E-state index is 16.3. The highest BCUT2D eigenvalue weighted by molar-refractivity contribution is 8.77. The molecular weight excluding hydrogens is 1520 g/mol. The smallest absolute Gasteiger partial charge is 0.338 e. The maximum atomic E-state index is 16.3. The average molecular weight is 1620 g/mol. The lowest BCUT2D eigenvalue weighted by molar-refractivity contribution is -0.346. The van der Waals surface area contributed by atoms with Crippen molar-refractivity contribution in [3.05, 3.63) is 168 Å². The molecule has 110 heavy (non-hydrogen) atoms. The highest BCUT2D eigenvalue weighted by Crippen LogP contribution is 2.66. The molecule has 5 aromatic rings. The van der Waals surface area contributed by atoms with Crippen molar-refractivity contribution in [3.8, 4) is 0 Å². The number of rotatable bonds is 37. The van der Waals surface area contributed by atoms with E-state index < -0.39 is 170 Å². The lowest BCUT2D eigenvalue weighted by Gasteiger charge is -2.67. The Hall–Kier alpha value is -7.53. The minimum absolute atomic E-state index is 0.0639. The van der Waals surface area contributed by atoms with Gasteiger partial charge in [-0.05, 0) is 119 Å². The van der Waals surface area contributed by atoms with Crippen molar-refractivity contribution >= 4 is 105 Å². The summed E-state index contributed by atoms with van der Waals surface area (Å²) in [7, 11) is 3.44. The number of Topliss-reactive ketones (excluding diaryl/α,β-unsaturated/α-hetero) is 1. The highest BCUT2D eigenvalue weighted by atomic mass is 33.1. The molecule has 3 aromatic carbocycles. The summed E-state index contributed by atoms with van der Waals surface area (Å²) in [5.74, 6) is -8.50. The molecule has 596 valence electrons. The number of nitrogens with zero attached hydrogens (tertiary/aromatic N) is 2. The molecule has 3 aliphatic carbocycles. The number of aromatic nitrogens is 2. The highest BCUT2D eigenvalue weighted by Gasteiger charge is 2.78. The Balaban J connectivity index is 0.000000740.